The Morgan fingerprint density at radius 1 is 1.27 bits per heavy atom. The van der Waals surface area contributed by atoms with Crippen LogP contribution in [0, 0.1) is 13.8 Å². The van der Waals surface area contributed by atoms with Gasteiger partial charge in [-0.1, -0.05) is 12.1 Å². The molecule has 0 bridgehead atoms. The van der Waals surface area contributed by atoms with Crippen LogP contribution in [0.25, 0.3) is 21.8 Å². The zero-order valence-corrected chi connectivity index (χ0v) is 18.6. The molecule has 0 spiro atoms. The summed E-state index contributed by atoms with van der Waals surface area (Å²) in [6, 6.07) is 10.2. The number of nitrogens with one attached hydrogen (secondary N) is 2. The van der Waals surface area contributed by atoms with Gasteiger partial charge in [0, 0.05) is 40.1 Å². The maximum absolute atomic E-state index is 12.4. The Balaban J connectivity index is 1.48. The van der Waals surface area contributed by atoms with E-state index >= 15 is 0 Å². The highest BCUT2D eigenvalue weighted by Gasteiger charge is 2.18. The molecule has 4 rings (SSSR count). The molecule has 0 atom stereocenters. The maximum Gasteiger partial charge on any atom is 0.279 e. The third kappa shape index (κ3) is 4.48. The first-order valence-corrected chi connectivity index (χ1v) is 11.4. The van der Waals surface area contributed by atoms with Crippen molar-refractivity contribution in [1.82, 2.24) is 9.55 Å². The molecule has 1 saturated heterocycles. The van der Waals surface area contributed by atoms with Crippen LogP contribution in [0.1, 0.15) is 18.3 Å². The van der Waals surface area contributed by atoms with Crippen molar-refractivity contribution in [3.8, 4) is 21.8 Å². The second-order valence-corrected chi connectivity index (χ2v) is 8.59. The second-order valence-electron chi connectivity index (χ2n) is 7.74. The van der Waals surface area contributed by atoms with E-state index in [0.29, 0.717) is 6.54 Å². The number of aryl methyl sites for hydroxylation is 1. The number of aromatic nitrogens is 2. The van der Waals surface area contributed by atoms with Crippen molar-refractivity contribution in [3.05, 3.63) is 47.1 Å². The van der Waals surface area contributed by atoms with Crippen LogP contribution in [0.2, 0.25) is 0 Å². The van der Waals surface area contributed by atoms with E-state index in [-0.39, 0.29) is 5.91 Å². The summed E-state index contributed by atoms with van der Waals surface area (Å²) in [6.45, 7) is 11.1. The first-order chi connectivity index (χ1) is 14.5. The van der Waals surface area contributed by atoms with Crippen LogP contribution < -0.4 is 10.2 Å². The first kappa shape index (κ1) is 20.8. The molecule has 1 aliphatic heterocycles. The average molecular weight is 426 g/mol. The number of anilines is 1. The van der Waals surface area contributed by atoms with Gasteiger partial charge in [0.25, 0.3) is 5.91 Å². The Labute approximate surface area is 181 Å². The first-order valence-electron chi connectivity index (χ1n) is 10.5. The van der Waals surface area contributed by atoms with Gasteiger partial charge in [-0.2, -0.15) is 0 Å². The molecule has 7 heteroatoms. The largest absolute Gasteiger partial charge is 0.370 e. The van der Waals surface area contributed by atoms with Crippen molar-refractivity contribution in [2.24, 2.45) is 0 Å². The zero-order chi connectivity index (χ0) is 21.1. The lowest BCUT2D eigenvalue weighted by molar-refractivity contribution is -0.899. The summed E-state index contributed by atoms with van der Waals surface area (Å²) in [4.78, 5) is 18.6. The molecule has 158 valence electrons. The molecule has 2 aromatic heterocycles. The Morgan fingerprint density at radius 2 is 2.07 bits per heavy atom. The lowest BCUT2D eigenvalue weighted by Crippen LogP contribution is -3.15. The molecule has 1 aromatic carbocycles. The molecule has 1 fully saturated rings. The number of hydrogen-bond donors (Lipinski definition) is 2. The van der Waals surface area contributed by atoms with E-state index in [9.17, 15) is 4.79 Å². The second kappa shape index (κ2) is 9.12. The van der Waals surface area contributed by atoms with Crippen LogP contribution in [0.5, 0.6) is 0 Å². The summed E-state index contributed by atoms with van der Waals surface area (Å²) < 4.78 is 7.67. The van der Waals surface area contributed by atoms with Gasteiger partial charge in [0.15, 0.2) is 6.54 Å². The highest BCUT2D eigenvalue weighted by atomic mass is 32.1. The van der Waals surface area contributed by atoms with Crippen molar-refractivity contribution in [1.29, 1.82) is 0 Å². The number of carbonyl (C=O) groups is 1. The van der Waals surface area contributed by atoms with Crippen LogP contribution in [0.15, 0.2) is 35.7 Å². The van der Waals surface area contributed by atoms with Crippen LogP contribution >= 0.6 is 11.3 Å². The van der Waals surface area contributed by atoms with Gasteiger partial charge in [-0.05, 0) is 39.0 Å². The lowest BCUT2D eigenvalue weighted by atomic mass is 10.2. The summed E-state index contributed by atoms with van der Waals surface area (Å²) in [7, 11) is 0. The minimum Gasteiger partial charge on any atom is -0.370 e. The fraction of sp³-hybridized carbons (Fsp3) is 0.391. The maximum atomic E-state index is 12.4. The minimum atomic E-state index is 0.0379. The number of thiazole rings is 1. The summed E-state index contributed by atoms with van der Waals surface area (Å²) in [5.41, 5.74) is 6.53. The molecule has 0 aliphatic carbocycles. The molecule has 6 nitrogen and oxygen atoms in total. The van der Waals surface area contributed by atoms with Crippen molar-refractivity contribution in [2.75, 3.05) is 38.2 Å². The van der Waals surface area contributed by atoms with Crippen LogP contribution in [0.4, 0.5) is 5.69 Å². The van der Waals surface area contributed by atoms with Gasteiger partial charge in [-0.15, -0.1) is 11.3 Å². The highest BCUT2D eigenvalue weighted by Crippen LogP contribution is 2.32. The Hall–Kier alpha value is -2.48. The Bertz CT molecular complexity index is 1030. The van der Waals surface area contributed by atoms with E-state index in [2.05, 4.69) is 42.1 Å². The third-order valence-corrected chi connectivity index (χ3v) is 6.57. The SMILES string of the molecule is CCn1c(C)cc(-c2csc(-c3cccc(NC(=O)C[NH+]4CCOCC4)c3)n2)c1C. The lowest BCUT2D eigenvalue weighted by Gasteiger charge is -2.23. The number of carbonyl (C=O) groups excluding carboxylic acids is 1. The van der Waals surface area contributed by atoms with Gasteiger partial charge in [0.05, 0.1) is 18.9 Å². The van der Waals surface area contributed by atoms with E-state index in [4.69, 9.17) is 9.72 Å². The zero-order valence-electron chi connectivity index (χ0n) is 17.8. The molecule has 0 saturated carbocycles. The van der Waals surface area contributed by atoms with Gasteiger partial charge in [0.1, 0.15) is 18.1 Å². The van der Waals surface area contributed by atoms with E-state index in [0.717, 1.165) is 54.8 Å². The Morgan fingerprint density at radius 3 is 2.80 bits per heavy atom. The van der Waals surface area contributed by atoms with E-state index in [1.165, 1.54) is 21.9 Å². The molecule has 30 heavy (non-hydrogen) atoms. The minimum absolute atomic E-state index is 0.0379. The number of quaternary nitrogens is 1. The normalized spacial score (nSPS) is 14.8. The number of amides is 1. The van der Waals surface area contributed by atoms with Gasteiger partial charge >= 0.3 is 0 Å². The fourth-order valence-corrected chi connectivity index (χ4v) is 4.89. The Kier molecular flexibility index (Phi) is 6.32. The van der Waals surface area contributed by atoms with Crippen molar-refractivity contribution in [3.63, 3.8) is 0 Å². The molecule has 2 N–H and O–H groups in total. The van der Waals surface area contributed by atoms with Crippen LogP contribution in [-0.2, 0) is 16.1 Å². The summed E-state index contributed by atoms with van der Waals surface area (Å²) in [5.74, 6) is 0.0379. The molecule has 0 radical (unpaired) electrons. The smallest absolute Gasteiger partial charge is 0.279 e. The molecule has 3 heterocycles. The van der Waals surface area contributed by atoms with E-state index in [1.54, 1.807) is 11.3 Å². The van der Waals surface area contributed by atoms with Crippen LogP contribution in [-0.4, -0.2) is 48.3 Å². The summed E-state index contributed by atoms with van der Waals surface area (Å²) in [6.07, 6.45) is 0. The quantitative estimate of drug-likeness (QED) is 0.639. The number of rotatable bonds is 6. The monoisotopic (exact) mass is 425 g/mol. The highest BCUT2D eigenvalue weighted by molar-refractivity contribution is 7.13. The number of hydrogen-bond acceptors (Lipinski definition) is 4. The topological polar surface area (TPSA) is 60.6 Å². The number of benzene rings is 1. The standard InChI is InChI=1S/C23H28N4O2S/c1-4-27-16(2)12-20(17(27)3)21-15-30-23(25-21)18-6-5-7-19(13-18)24-22(28)14-26-8-10-29-11-9-26/h5-7,12-13,15H,4,8-11,14H2,1-3H3,(H,24,28)/p+1. The summed E-state index contributed by atoms with van der Waals surface area (Å²) >= 11 is 1.63. The van der Waals surface area contributed by atoms with Gasteiger partial charge in [-0.25, -0.2) is 4.98 Å². The molecule has 0 unspecified atom stereocenters. The van der Waals surface area contributed by atoms with Gasteiger partial charge < -0.3 is 19.5 Å². The third-order valence-electron chi connectivity index (χ3n) is 5.67. The van der Waals surface area contributed by atoms with Gasteiger partial charge in [0.2, 0.25) is 0 Å². The molecule has 3 aromatic rings. The van der Waals surface area contributed by atoms with Crippen LogP contribution in [0.3, 0.4) is 0 Å². The van der Waals surface area contributed by atoms with Crippen molar-refractivity contribution >= 4 is 22.9 Å². The molecular weight excluding hydrogens is 396 g/mol. The predicted molar refractivity (Wildman–Crippen MR) is 121 cm³/mol. The number of nitrogens with zero attached hydrogens (tertiary/aromatic N) is 2. The van der Waals surface area contributed by atoms with Crippen molar-refractivity contribution in [2.45, 2.75) is 27.3 Å². The summed E-state index contributed by atoms with van der Waals surface area (Å²) in [5, 5.41) is 6.11. The predicted octanol–water partition coefficient (Wildman–Crippen LogP) is 2.77. The van der Waals surface area contributed by atoms with E-state index < -0.39 is 0 Å². The molecular formula is C23H29N4O2S+. The average Bonchev–Trinajstić information content (AvgIpc) is 3.33. The number of ether oxygens (including phenoxy) is 1. The molecule has 1 amide bonds. The number of morpholine rings is 1. The van der Waals surface area contributed by atoms with Crippen molar-refractivity contribution < 1.29 is 14.4 Å². The molecule has 1 aliphatic rings. The fourth-order valence-electron chi connectivity index (χ4n) is 4.08. The van der Waals surface area contributed by atoms with Gasteiger partial charge in [-0.3, -0.25) is 4.79 Å². The van der Waals surface area contributed by atoms with E-state index in [1.807, 2.05) is 24.3 Å².